The number of rotatable bonds is 3. The van der Waals surface area contributed by atoms with Crippen LogP contribution in [0.5, 0.6) is 0 Å². The summed E-state index contributed by atoms with van der Waals surface area (Å²) >= 11 is 0. The first-order chi connectivity index (χ1) is 14.4. The molecule has 4 amide bonds. The predicted octanol–water partition coefficient (Wildman–Crippen LogP) is 0.901. The second-order valence-corrected chi connectivity index (χ2v) is 8.40. The van der Waals surface area contributed by atoms with Gasteiger partial charge in [-0.3, -0.25) is 34.3 Å². The zero-order chi connectivity index (χ0) is 21.0. The Bertz CT molecular complexity index is 953. The summed E-state index contributed by atoms with van der Waals surface area (Å²) in [5.41, 5.74) is 0.398. The Labute approximate surface area is 173 Å². The molecule has 4 aliphatic rings. The fourth-order valence-electron chi connectivity index (χ4n) is 4.80. The molecule has 1 N–H and O–H groups in total. The predicted molar refractivity (Wildman–Crippen MR) is 104 cm³/mol. The van der Waals surface area contributed by atoms with Gasteiger partial charge in [0.15, 0.2) is 0 Å². The summed E-state index contributed by atoms with van der Waals surface area (Å²) in [7, 11) is 0. The van der Waals surface area contributed by atoms with Gasteiger partial charge in [0.2, 0.25) is 11.8 Å². The maximum Gasteiger partial charge on any atom is 0.262 e. The van der Waals surface area contributed by atoms with Crippen LogP contribution in [-0.2, 0) is 9.59 Å². The van der Waals surface area contributed by atoms with Gasteiger partial charge in [0.05, 0.1) is 16.8 Å². The van der Waals surface area contributed by atoms with Gasteiger partial charge in [0.1, 0.15) is 11.9 Å². The van der Waals surface area contributed by atoms with E-state index in [0.717, 1.165) is 24.1 Å². The number of anilines is 1. The third kappa shape index (κ3) is 2.99. The van der Waals surface area contributed by atoms with Crippen molar-refractivity contribution in [3.05, 3.63) is 29.1 Å². The number of amides is 4. The number of piperazine rings is 1. The number of carbonyl (C=O) groups excluding carboxylic acids is 4. The molecule has 1 saturated carbocycles. The molecule has 158 valence electrons. The van der Waals surface area contributed by atoms with E-state index in [0.29, 0.717) is 24.8 Å². The van der Waals surface area contributed by atoms with Crippen LogP contribution < -0.4 is 10.2 Å². The van der Waals surface area contributed by atoms with Gasteiger partial charge in [-0.2, -0.15) is 0 Å². The summed E-state index contributed by atoms with van der Waals surface area (Å²) in [6.45, 7) is 3.00. The number of piperidine rings is 1. The van der Waals surface area contributed by atoms with E-state index in [2.05, 4.69) is 10.2 Å². The number of fused-ring (bicyclic) bond motifs is 1. The summed E-state index contributed by atoms with van der Waals surface area (Å²) in [5, 5.41) is 2.16. The van der Waals surface area contributed by atoms with E-state index in [-0.39, 0.29) is 24.0 Å². The average Bonchev–Trinajstić information content (AvgIpc) is 2.91. The minimum absolute atomic E-state index is 0.0287. The minimum Gasteiger partial charge on any atom is -0.367 e. The van der Waals surface area contributed by atoms with Crippen LogP contribution in [-0.4, -0.2) is 71.7 Å². The zero-order valence-electron chi connectivity index (χ0n) is 16.5. The minimum atomic E-state index is -1.05. The number of imide groups is 2. The van der Waals surface area contributed by atoms with Gasteiger partial charge in [0.25, 0.3) is 11.8 Å². The Morgan fingerprint density at radius 2 is 1.57 bits per heavy atom. The smallest absolute Gasteiger partial charge is 0.262 e. The Hall–Kier alpha value is -2.81. The van der Waals surface area contributed by atoms with E-state index in [1.54, 1.807) is 0 Å². The molecule has 9 heteroatoms. The number of benzene rings is 1. The highest BCUT2D eigenvalue weighted by Crippen LogP contribution is 2.33. The molecule has 5 rings (SSSR count). The summed E-state index contributed by atoms with van der Waals surface area (Å²) < 4.78 is 14.9. The molecule has 1 aliphatic carbocycles. The van der Waals surface area contributed by atoms with E-state index in [1.165, 1.54) is 25.3 Å². The van der Waals surface area contributed by atoms with E-state index in [1.807, 2.05) is 4.90 Å². The first-order valence-corrected chi connectivity index (χ1v) is 10.5. The van der Waals surface area contributed by atoms with Gasteiger partial charge >= 0.3 is 0 Å². The van der Waals surface area contributed by atoms with Gasteiger partial charge in [0, 0.05) is 38.6 Å². The molecular formula is C21H23FN4O4. The topological polar surface area (TPSA) is 90.0 Å². The maximum atomic E-state index is 14.9. The number of nitrogens with one attached hydrogen (secondary N) is 1. The molecule has 1 unspecified atom stereocenters. The van der Waals surface area contributed by atoms with Gasteiger partial charge in [-0.1, -0.05) is 6.42 Å². The fraction of sp³-hybridized carbons (Fsp3) is 0.524. The Kier molecular flexibility index (Phi) is 4.57. The van der Waals surface area contributed by atoms with Crippen molar-refractivity contribution < 1.29 is 23.6 Å². The number of hydrogen-bond donors (Lipinski definition) is 1. The second-order valence-electron chi connectivity index (χ2n) is 8.40. The molecule has 1 aromatic rings. The first-order valence-electron chi connectivity index (χ1n) is 10.5. The molecule has 0 aromatic heterocycles. The molecule has 8 nitrogen and oxygen atoms in total. The number of halogens is 1. The zero-order valence-corrected chi connectivity index (χ0v) is 16.5. The summed E-state index contributed by atoms with van der Waals surface area (Å²) in [6.07, 6.45) is 3.84. The standard InChI is InChI=1S/C21H23FN4O4/c22-15-10-13-14(11-17(15)25-8-6-24(7-9-25)12-2-1-3-12)21(30)26(20(13)29)16-4-5-18(27)23-19(16)28/h10-12,16H,1-9H2,(H,23,27,28). The summed E-state index contributed by atoms with van der Waals surface area (Å²) in [4.78, 5) is 54.5. The van der Waals surface area contributed by atoms with Crippen LogP contribution >= 0.6 is 0 Å². The molecule has 0 bridgehead atoms. The molecule has 1 atom stereocenters. The van der Waals surface area contributed by atoms with Gasteiger partial charge in [-0.05, 0) is 31.4 Å². The Morgan fingerprint density at radius 3 is 2.17 bits per heavy atom. The quantitative estimate of drug-likeness (QED) is 0.740. The molecule has 2 saturated heterocycles. The van der Waals surface area contributed by atoms with Gasteiger partial charge in [-0.25, -0.2) is 4.39 Å². The van der Waals surface area contributed by atoms with Crippen LogP contribution in [0.3, 0.4) is 0 Å². The maximum absolute atomic E-state index is 14.9. The van der Waals surface area contributed by atoms with Crippen LogP contribution in [0.15, 0.2) is 12.1 Å². The van der Waals surface area contributed by atoms with Crippen molar-refractivity contribution in [2.24, 2.45) is 0 Å². The largest absolute Gasteiger partial charge is 0.367 e. The van der Waals surface area contributed by atoms with Crippen molar-refractivity contribution in [3.8, 4) is 0 Å². The van der Waals surface area contributed by atoms with E-state index >= 15 is 0 Å². The van der Waals surface area contributed by atoms with E-state index < -0.39 is 35.5 Å². The van der Waals surface area contributed by atoms with Crippen molar-refractivity contribution in [2.45, 2.75) is 44.2 Å². The van der Waals surface area contributed by atoms with Crippen LogP contribution in [0.4, 0.5) is 10.1 Å². The number of nitrogens with zero attached hydrogens (tertiary/aromatic N) is 3. The van der Waals surface area contributed by atoms with Crippen LogP contribution in [0.25, 0.3) is 0 Å². The molecule has 3 heterocycles. The number of carbonyl (C=O) groups is 4. The first kappa shape index (κ1) is 19.2. The molecule has 3 aliphatic heterocycles. The summed E-state index contributed by atoms with van der Waals surface area (Å²) in [5.74, 6) is -2.95. The normalized spacial score (nSPS) is 25.4. The van der Waals surface area contributed by atoms with Crippen LogP contribution in [0.1, 0.15) is 52.8 Å². The van der Waals surface area contributed by atoms with Crippen molar-refractivity contribution in [1.82, 2.24) is 15.1 Å². The monoisotopic (exact) mass is 414 g/mol. The number of hydrogen-bond acceptors (Lipinski definition) is 6. The van der Waals surface area contributed by atoms with Gasteiger partial charge in [-0.15, -0.1) is 0 Å². The second kappa shape index (κ2) is 7.16. The molecular weight excluding hydrogens is 391 g/mol. The fourth-order valence-corrected chi connectivity index (χ4v) is 4.80. The van der Waals surface area contributed by atoms with Crippen molar-refractivity contribution >= 4 is 29.3 Å². The Morgan fingerprint density at radius 1 is 0.900 bits per heavy atom. The third-order valence-electron chi connectivity index (χ3n) is 6.75. The highest BCUT2D eigenvalue weighted by atomic mass is 19.1. The van der Waals surface area contributed by atoms with Crippen LogP contribution in [0.2, 0.25) is 0 Å². The lowest BCUT2D eigenvalue weighted by atomic mass is 9.91. The third-order valence-corrected chi connectivity index (χ3v) is 6.75. The van der Waals surface area contributed by atoms with Crippen LogP contribution in [0, 0.1) is 5.82 Å². The van der Waals surface area contributed by atoms with Crippen molar-refractivity contribution in [1.29, 1.82) is 0 Å². The van der Waals surface area contributed by atoms with Gasteiger partial charge < -0.3 is 4.90 Å². The van der Waals surface area contributed by atoms with Crippen molar-refractivity contribution in [3.63, 3.8) is 0 Å². The Balaban J connectivity index is 1.37. The highest BCUT2D eigenvalue weighted by Gasteiger charge is 2.45. The lowest BCUT2D eigenvalue weighted by Gasteiger charge is -2.43. The molecule has 0 spiro atoms. The lowest BCUT2D eigenvalue weighted by molar-refractivity contribution is -0.136. The highest BCUT2D eigenvalue weighted by molar-refractivity contribution is 6.23. The SMILES string of the molecule is O=C1CCC(N2C(=O)c3cc(F)c(N4CCN(C5CCC5)CC4)cc3C2=O)C(=O)N1. The lowest BCUT2D eigenvalue weighted by Crippen LogP contribution is -2.54. The summed E-state index contributed by atoms with van der Waals surface area (Å²) in [6, 6.07) is 2.14. The molecule has 3 fully saturated rings. The van der Waals surface area contributed by atoms with E-state index in [4.69, 9.17) is 0 Å². The molecule has 0 radical (unpaired) electrons. The van der Waals surface area contributed by atoms with Crippen molar-refractivity contribution in [2.75, 3.05) is 31.1 Å². The van der Waals surface area contributed by atoms with E-state index in [9.17, 15) is 23.6 Å². The molecule has 30 heavy (non-hydrogen) atoms. The average molecular weight is 414 g/mol. The molecule has 1 aromatic carbocycles.